The molecule has 158 valence electrons. The topological polar surface area (TPSA) is 95.1 Å². The molecule has 5 aromatic rings. The van der Waals surface area contributed by atoms with Crippen LogP contribution in [-0.4, -0.2) is 41.8 Å². The summed E-state index contributed by atoms with van der Waals surface area (Å²) in [6.45, 7) is 3.79. The van der Waals surface area contributed by atoms with E-state index in [0.717, 1.165) is 39.1 Å². The lowest BCUT2D eigenvalue weighted by Gasteiger charge is -2.19. The van der Waals surface area contributed by atoms with E-state index in [-0.39, 0.29) is 5.56 Å². The van der Waals surface area contributed by atoms with Crippen LogP contribution in [0.3, 0.4) is 0 Å². The molecule has 8 heteroatoms. The first-order valence-corrected chi connectivity index (χ1v) is 10.3. The number of aromatic nitrogens is 5. The summed E-state index contributed by atoms with van der Waals surface area (Å²) in [6, 6.07) is 11.6. The van der Waals surface area contributed by atoms with Gasteiger partial charge in [0.2, 0.25) is 0 Å². The third-order valence-electron chi connectivity index (χ3n) is 5.93. The molecule has 32 heavy (non-hydrogen) atoms. The van der Waals surface area contributed by atoms with Crippen molar-refractivity contribution in [2.75, 3.05) is 6.61 Å². The number of carbonyl (C=O) groups is 1. The summed E-state index contributed by atoms with van der Waals surface area (Å²) in [5.41, 5.74) is 5.85. The molecule has 0 aliphatic carbocycles. The molecule has 2 aromatic carbocycles. The molecule has 0 atom stereocenters. The molecular formula is C24H19N5O3. The Kier molecular flexibility index (Phi) is 4.01. The number of aromatic carboxylic acids is 1. The minimum absolute atomic E-state index is 0.170. The van der Waals surface area contributed by atoms with Crippen LogP contribution in [0.15, 0.2) is 55.1 Å². The Morgan fingerprint density at radius 2 is 2.00 bits per heavy atom. The van der Waals surface area contributed by atoms with Crippen molar-refractivity contribution < 1.29 is 14.6 Å². The van der Waals surface area contributed by atoms with Crippen molar-refractivity contribution in [2.24, 2.45) is 0 Å². The van der Waals surface area contributed by atoms with E-state index in [2.05, 4.69) is 50.3 Å². The van der Waals surface area contributed by atoms with Gasteiger partial charge in [0.15, 0.2) is 5.82 Å². The molecule has 8 nitrogen and oxygen atoms in total. The number of imidazole rings is 1. The lowest BCUT2D eigenvalue weighted by Crippen LogP contribution is -2.16. The number of benzene rings is 2. The van der Waals surface area contributed by atoms with Crippen LogP contribution in [0.5, 0.6) is 5.75 Å². The number of aryl methyl sites for hydroxylation is 1. The van der Waals surface area contributed by atoms with Gasteiger partial charge < -0.3 is 19.0 Å². The number of carboxylic acid groups (broad SMARTS) is 1. The van der Waals surface area contributed by atoms with Gasteiger partial charge >= 0.3 is 5.97 Å². The Labute approximate surface area is 182 Å². The Hall–Kier alpha value is -4.20. The Morgan fingerprint density at radius 3 is 2.81 bits per heavy atom. The molecule has 1 aliphatic rings. The monoisotopic (exact) mass is 425 g/mol. The molecule has 0 saturated carbocycles. The van der Waals surface area contributed by atoms with E-state index < -0.39 is 5.97 Å². The van der Waals surface area contributed by atoms with E-state index in [1.165, 1.54) is 6.33 Å². The second-order valence-electron chi connectivity index (χ2n) is 7.96. The molecular weight excluding hydrogens is 406 g/mol. The van der Waals surface area contributed by atoms with Gasteiger partial charge in [-0.25, -0.2) is 19.7 Å². The van der Waals surface area contributed by atoms with Crippen LogP contribution in [0.4, 0.5) is 0 Å². The molecule has 3 aromatic heterocycles. The maximum Gasteiger partial charge on any atom is 0.335 e. The van der Waals surface area contributed by atoms with Gasteiger partial charge in [-0.05, 0) is 30.7 Å². The molecule has 0 fully saturated rings. The number of hydrogen-bond donors (Lipinski definition) is 1. The molecule has 0 amide bonds. The van der Waals surface area contributed by atoms with Crippen molar-refractivity contribution in [2.45, 2.75) is 20.0 Å². The molecule has 0 radical (unpaired) electrons. The molecule has 0 unspecified atom stereocenters. The van der Waals surface area contributed by atoms with Gasteiger partial charge in [-0.1, -0.05) is 18.2 Å². The standard InChI is InChI=1S/C24H19N5O3/c1-14-3-2-4-16-8-19(29(21(14)16)12-15-10-25-13-26-11-15)23-27-18-7-17(24(30)31)9-20-22(18)28(23)5-6-32-20/h2-4,7-11,13H,5-6,12H2,1H3,(H,30,31). The minimum atomic E-state index is -0.998. The summed E-state index contributed by atoms with van der Waals surface area (Å²) >= 11 is 0. The van der Waals surface area contributed by atoms with Crippen LogP contribution < -0.4 is 4.74 Å². The highest BCUT2D eigenvalue weighted by molar-refractivity contribution is 5.97. The van der Waals surface area contributed by atoms with E-state index >= 15 is 0 Å². The average molecular weight is 425 g/mol. The molecule has 6 rings (SSSR count). The fraction of sp³-hybridized carbons (Fsp3) is 0.167. The van der Waals surface area contributed by atoms with Gasteiger partial charge in [0, 0.05) is 23.3 Å². The van der Waals surface area contributed by atoms with E-state index in [9.17, 15) is 9.90 Å². The number of hydrogen-bond acceptors (Lipinski definition) is 5. The lowest BCUT2D eigenvalue weighted by molar-refractivity contribution is 0.0696. The van der Waals surface area contributed by atoms with Crippen molar-refractivity contribution in [1.29, 1.82) is 0 Å². The number of rotatable bonds is 4. The predicted octanol–water partition coefficient (Wildman–Crippen LogP) is 3.90. The number of nitrogens with zero attached hydrogens (tertiary/aromatic N) is 5. The minimum Gasteiger partial charge on any atom is -0.489 e. The van der Waals surface area contributed by atoms with Crippen LogP contribution in [0.25, 0.3) is 33.5 Å². The molecule has 0 bridgehead atoms. The fourth-order valence-corrected chi connectivity index (χ4v) is 4.58. The van der Waals surface area contributed by atoms with Gasteiger partial charge in [0.05, 0.1) is 35.4 Å². The first-order valence-electron chi connectivity index (χ1n) is 10.3. The van der Waals surface area contributed by atoms with Crippen molar-refractivity contribution in [1.82, 2.24) is 24.1 Å². The highest BCUT2D eigenvalue weighted by Gasteiger charge is 2.25. The SMILES string of the molecule is Cc1cccc2cc(-c3nc4cc(C(=O)O)cc5c4n3CCO5)n(Cc3cncnc3)c12. The number of fused-ring (bicyclic) bond motifs is 1. The number of para-hydroxylation sites is 1. The molecule has 0 spiro atoms. The number of carboxylic acids is 1. The zero-order valence-corrected chi connectivity index (χ0v) is 17.3. The van der Waals surface area contributed by atoms with Crippen molar-refractivity contribution in [3.63, 3.8) is 0 Å². The van der Waals surface area contributed by atoms with E-state index in [4.69, 9.17) is 9.72 Å². The van der Waals surface area contributed by atoms with Crippen LogP contribution in [-0.2, 0) is 13.1 Å². The fourth-order valence-electron chi connectivity index (χ4n) is 4.58. The number of ether oxygens (including phenoxy) is 1. The predicted molar refractivity (Wildman–Crippen MR) is 119 cm³/mol. The maximum absolute atomic E-state index is 11.6. The summed E-state index contributed by atoms with van der Waals surface area (Å²) in [7, 11) is 0. The maximum atomic E-state index is 11.6. The normalized spacial score (nSPS) is 12.9. The Morgan fingerprint density at radius 1 is 1.16 bits per heavy atom. The van der Waals surface area contributed by atoms with Crippen LogP contribution in [0.2, 0.25) is 0 Å². The zero-order chi connectivity index (χ0) is 21.8. The third kappa shape index (κ3) is 2.76. The molecule has 1 aliphatic heterocycles. The largest absolute Gasteiger partial charge is 0.489 e. The van der Waals surface area contributed by atoms with Gasteiger partial charge in [-0.15, -0.1) is 0 Å². The summed E-state index contributed by atoms with van der Waals surface area (Å²) in [5.74, 6) is 0.349. The van der Waals surface area contributed by atoms with Crippen LogP contribution >= 0.6 is 0 Å². The second-order valence-corrected chi connectivity index (χ2v) is 7.96. The van der Waals surface area contributed by atoms with E-state index in [1.807, 2.05) is 12.4 Å². The van der Waals surface area contributed by atoms with Crippen molar-refractivity contribution in [3.05, 3.63) is 71.8 Å². The Balaban J connectivity index is 1.64. The van der Waals surface area contributed by atoms with Crippen molar-refractivity contribution >= 4 is 27.9 Å². The molecule has 0 saturated heterocycles. The lowest BCUT2D eigenvalue weighted by atomic mass is 10.1. The first-order chi connectivity index (χ1) is 15.6. The zero-order valence-electron chi connectivity index (χ0n) is 17.3. The van der Waals surface area contributed by atoms with Gasteiger partial charge in [-0.2, -0.15) is 0 Å². The summed E-state index contributed by atoms with van der Waals surface area (Å²) in [6.07, 6.45) is 5.16. The Bertz CT molecular complexity index is 1520. The van der Waals surface area contributed by atoms with E-state index in [0.29, 0.717) is 31.0 Å². The van der Waals surface area contributed by atoms with Crippen LogP contribution in [0.1, 0.15) is 21.5 Å². The summed E-state index contributed by atoms with van der Waals surface area (Å²) < 4.78 is 10.2. The van der Waals surface area contributed by atoms with Crippen LogP contribution in [0, 0.1) is 6.92 Å². The first kappa shape index (κ1) is 18.6. The van der Waals surface area contributed by atoms with Gasteiger partial charge in [-0.3, -0.25) is 0 Å². The van der Waals surface area contributed by atoms with Gasteiger partial charge in [0.25, 0.3) is 0 Å². The molecule has 4 heterocycles. The highest BCUT2D eigenvalue weighted by Crippen LogP contribution is 2.37. The second kappa shape index (κ2) is 6.91. The van der Waals surface area contributed by atoms with E-state index in [1.54, 1.807) is 12.1 Å². The van der Waals surface area contributed by atoms with Gasteiger partial charge in [0.1, 0.15) is 24.2 Å². The summed E-state index contributed by atoms with van der Waals surface area (Å²) in [5, 5.41) is 10.6. The highest BCUT2D eigenvalue weighted by atomic mass is 16.5. The molecule has 1 N–H and O–H groups in total. The smallest absolute Gasteiger partial charge is 0.335 e. The average Bonchev–Trinajstić information content (AvgIpc) is 3.35. The quantitative estimate of drug-likeness (QED) is 0.469. The third-order valence-corrected chi connectivity index (χ3v) is 5.93. The van der Waals surface area contributed by atoms with Crippen molar-refractivity contribution in [3.8, 4) is 17.3 Å². The summed E-state index contributed by atoms with van der Waals surface area (Å²) in [4.78, 5) is 24.8.